The van der Waals surface area contributed by atoms with E-state index in [-0.39, 0.29) is 12.0 Å². The number of carbonyl (C=O) groups is 1. The number of likely N-dealkylation sites (N-methyl/N-ethyl adjacent to an activating group) is 1. The predicted octanol–water partition coefficient (Wildman–Crippen LogP) is 0.298. The molecule has 2 N–H and O–H groups in total. The van der Waals surface area contributed by atoms with Crippen molar-refractivity contribution in [3.63, 3.8) is 0 Å². The van der Waals surface area contributed by atoms with E-state index >= 15 is 0 Å². The minimum absolute atomic E-state index is 0.0512. The van der Waals surface area contributed by atoms with Crippen LogP contribution in [0.15, 0.2) is 0 Å². The van der Waals surface area contributed by atoms with Crippen LogP contribution in [-0.2, 0) is 14.3 Å². The highest BCUT2D eigenvalue weighted by atomic mass is 16.5. The molecule has 5 nitrogen and oxygen atoms in total. The fourth-order valence-corrected chi connectivity index (χ4v) is 1.71. The fraction of sp³-hybridized carbons (Fsp3) is 0.917. The van der Waals surface area contributed by atoms with Crippen LogP contribution in [-0.4, -0.2) is 51.5 Å². The van der Waals surface area contributed by atoms with Crippen LogP contribution in [0, 0.1) is 0 Å². The van der Waals surface area contributed by atoms with Gasteiger partial charge in [0.15, 0.2) is 0 Å². The van der Waals surface area contributed by atoms with Crippen LogP contribution < -0.4 is 10.6 Å². The summed E-state index contributed by atoms with van der Waals surface area (Å²) in [6, 6.07) is 0. The Morgan fingerprint density at radius 2 is 2.35 bits per heavy atom. The van der Waals surface area contributed by atoms with Crippen molar-refractivity contribution in [1.82, 2.24) is 10.6 Å². The van der Waals surface area contributed by atoms with Crippen molar-refractivity contribution in [2.24, 2.45) is 0 Å². The van der Waals surface area contributed by atoms with E-state index in [9.17, 15) is 4.79 Å². The van der Waals surface area contributed by atoms with Crippen molar-refractivity contribution in [2.45, 2.75) is 32.3 Å². The highest BCUT2D eigenvalue weighted by molar-refractivity contribution is 5.75. The first kappa shape index (κ1) is 14.4. The third-order valence-corrected chi connectivity index (χ3v) is 2.68. The molecule has 1 aliphatic rings. The summed E-state index contributed by atoms with van der Waals surface area (Å²) < 4.78 is 10.8. The summed E-state index contributed by atoms with van der Waals surface area (Å²) in [5.74, 6) is 0.0512. The summed E-state index contributed by atoms with van der Waals surface area (Å²) in [5.41, 5.74) is 0. The quantitative estimate of drug-likeness (QED) is 0.573. The molecular formula is C12H24N2O3. The van der Waals surface area contributed by atoms with Crippen LogP contribution in [0.25, 0.3) is 0 Å². The summed E-state index contributed by atoms with van der Waals surface area (Å²) in [6.07, 6.45) is 2.87. The van der Waals surface area contributed by atoms with Gasteiger partial charge in [0.1, 0.15) is 0 Å². The Labute approximate surface area is 103 Å². The van der Waals surface area contributed by atoms with Crippen LogP contribution >= 0.6 is 0 Å². The molecular weight excluding hydrogens is 220 g/mol. The lowest BCUT2D eigenvalue weighted by molar-refractivity contribution is -0.122. The molecule has 1 amide bonds. The highest BCUT2D eigenvalue weighted by Gasteiger charge is 2.15. The summed E-state index contributed by atoms with van der Waals surface area (Å²) >= 11 is 0. The van der Waals surface area contributed by atoms with Gasteiger partial charge in [-0.25, -0.2) is 0 Å². The van der Waals surface area contributed by atoms with Crippen LogP contribution in [0.4, 0.5) is 0 Å². The molecule has 1 atom stereocenters. The monoisotopic (exact) mass is 244 g/mol. The molecule has 5 heteroatoms. The van der Waals surface area contributed by atoms with Crippen LogP contribution in [0.5, 0.6) is 0 Å². The van der Waals surface area contributed by atoms with Gasteiger partial charge in [0, 0.05) is 26.1 Å². The van der Waals surface area contributed by atoms with Crippen molar-refractivity contribution < 1.29 is 14.3 Å². The Balaban J connectivity index is 1.85. The molecule has 0 saturated carbocycles. The third-order valence-electron chi connectivity index (χ3n) is 2.68. The SMILES string of the molecule is CCNCCNC(=O)CCOCC1CCCO1. The van der Waals surface area contributed by atoms with Gasteiger partial charge in [-0.3, -0.25) is 4.79 Å². The Hall–Kier alpha value is -0.650. The molecule has 100 valence electrons. The van der Waals surface area contributed by atoms with Gasteiger partial charge in [-0.1, -0.05) is 6.92 Å². The second-order valence-electron chi connectivity index (χ2n) is 4.16. The Kier molecular flexibility index (Phi) is 7.96. The molecule has 1 unspecified atom stereocenters. The first-order chi connectivity index (χ1) is 8.33. The first-order valence-electron chi connectivity index (χ1n) is 6.49. The number of hydrogen-bond acceptors (Lipinski definition) is 4. The van der Waals surface area contributed by atoms with E-state index in [4.69, 9.17) is 9.47 Å². The third kappa shape index (κ3) is 7.31. The molecule has 1 fully saturated rings. The standard InChI is InChI=1S/C12H24N2O3/c1-2-13-6-7-14-12(15)5-9-16-10-11-4-3-8-17-11/h11,13H,2-10H2,1H3,(H,14,15). The fourth-order valence-electron chi connectivity index (χ4n) is 1.71. The van der Waals surface area contributed by atoms with Crippen LogP contribution in [0.3, 0.4) is 0 Å². The molecule has 0 aliphatic carbocycles. The lowest BCUT2D eigenvalue weighted by atomic mass is 10.2. The maximum Gasteiger partial charge on any atom is 0.222 e. The summed E-state index contributed by atoms with van der Waals surface area (Å²) in [4.78, 5) is 11.4. The van der Waals surface area contributed by atoms with E-state index in [0.29, 0.717) is 26.2 Å². The molecule has 0 bridgehead atoms. The number of ether oxygens (including phenoxy) is 2. The minimum atomic E-state index is 0.0512. The van der Waals surface area contributed by atoms with E-state index in [0.717, 1.165) is 32.5 Å². The summed E-state index contributed by atoms with van der Waals surface area (Å²) in [7, 11) is 0. The maximum atomic E-state index is 11.4. The molecule has 1 aliphatic heterocycles. The van der Waals surface area contributed by atoms with Crippen molar-refractivity contribution in [3.05, 3.63) is 0 Å². The average Bonchev–Trinajstić information content (AvgIpc) is 2.83. The van der Waals surface area contributed by atoms with Gasteiger partial charge in [-0.15, -0.1) is 0 Å². The summed E-state index contributed by atoms with van der Waals surface area (Å²) in [5, 5.41) is 5.98. The zero-order chi connectivity index (χ0) is 12.3. The lowest BCUT2D eigenvalue weighted by Gasteiger charge is -2.10. The van der Waals surface area contributed by atoms with Gasteiger partial charge >= 0.3 is 0 Å². The topological polar surface area (TPSA) is 59.6 Å². The van der Waals surface area contributed by atoms with Gasteiger partial charge < -0.3 is 20.1 Å². The molecule has 1 rings (SSSR count). The largest absolute Gasteiger partial charge is 0.378 e. The average molecular weight is 244 g/mol. The maximum absolute atomic E-state index is 11.4. The molecule has 1 saturated heterocycles. The number of amides is 1. The Morgan fingerprint density at radius 3 is 3.06 bits per heavy atom. The van der Waals surface area contributed by atoms with Crippen LogP contribution in [0.2, 0.25) is 0 Å². The number of carbonyl (C=O) groups excluding carboxylic acids is 1. The molecule has 0 spiro atoms. The van der Waals surface area contributed by atoms with E-state index in [1.807, 2.05) is 6.92 Å². The van der Waals surface area contributed by atoms with E-state index in [2.05, 4.69) is 10.6 Å². The van der Waals surface area contributed by atoms with Gasteiger partial charge in [-0.2, -0.15) is 0 Å². The molecule has 0 radical (unpaired) electrons. The number of rotatable bonds is 9. The number of nitrogens with one attached hydrogen (secondary N) is 2. The van der Waals surface area contributed by atoms with Gasteiger partial charge in [-0.05, 0) is 19.4 Å². The minimum Gasteiger partial charge on any atom is -0.378 e. The summed E-state index contributed by atoms with van der Waals surface area (Å²) in [6.45, 7) is 6.41. The van der Waals surface area contributed by atoms with Gasteiger partial charge in [0.2, 0.25) is 5.91 Å². The van der Waals surface area contributed by atoms with Gasteiger partial charge in [0.25, 0.3) is 0 Å². The Bertz CT molecular complexity index is 206. The highest BCUT2D eigenvalue weighted by Crippen LogP contribution is 2.11. The molecule has 0 aromatic rings. The van der Waals surface area contributed by atoms with Gasteiger partial charge in [0.05, 0.1) is 19.3 Å². The molecule has 0 aromatic heterocycles. The second kappa shape index (κ2) is 9.39. The normalized spacial score (nSPS) is 19.5. The molecule has 0 aromatic carbocycles. The van der Waals surface area contributed by atoms with Crippen LogP contribution in [0.1, 0.15) is 26.2 Å². The van der Waals surface area contributed by atoms with Crippen molar-refractivity contribution in [3.8, 4) is 0 Å². The molecule has 17 heavy (non-hydrogen) atoms. The zero-order valence-electron chi connectivity index (χ0n) is 10.7. The van der Waals surface area contributed by atoms with E-state index < -0.39 is 0 Å². The zero-order valence-corrected chi connectivity index (χ0v) is 10.7. The second-order valence-corrected chi connectivity index (χ2v) is 4.16. The smallest absolute Gasteiger partial charge is 0.222 e. The Morgan fingerprint density at radius 1 is 1.47 bits per heavy atom. The van der Waals surface area contributed by atoms with Crippen molar-refractivity contribution in [1.29, 1.82) is 0 Å². The van der Waals surface area contributed by atoms with Crippen molar-refractivity contribution in [2.75, 3.05) is 39.5 Å². The lowest BCUT2D eigenvalue weighted by Crippen LogP contribution is -2.32. The number of hydrogen-bond donors (Lipinski definition) is 2. The first-order valence-corrected chi connectivity index (χ1v) is 6.49. The molecule has 1 heterocycles. The van der Waals surface area contributed by atoms with E-state index in [1.54, 1.807) is 0 Å². The van der Waals surface area contributed by atoms with E-state index in [1.165, 1.54) is 0 Å². The predicted molar refractivity (Wildman–Crippen MR) is 66.0 cm³/mol. The van der Waals surface area contributed by atoms with Crippen molar-refractivity contribution >= 4 is 5.91 Å².